The van der Waals surface area contributed by atoms with Crippen LogP contribution in [0.1, 0.15) is 20.3 Å². The lowest BCUT2D eigenvalue weighted by molar-refractivity contribution is 0.674. The summed E-state index contributed by atoms with van der Waals surface area (Å²) in [5.41, 5.74) is 8.36. The zero-order valence-corrected chi connectivity index (χ0v) is 36.4. The highest BCUT2D eigenvalue weighted by molar-refractivity contribution is 6.71. The summed E-state index contributed by atoms with van der Waals surface area (Å²) in [6, 6.07) is 18.2. The van der Waals surface area contributed by atoms with Crippen molar-refractivity contribution in [3.8, 4) is 16.8 Å². The monoisotopic (exact) mass is 822 g/mol. The van der Waals surface area contributed by atoms with Gasteiger partial charge in [-0.15, -0.1) is 21.9 Å². The molecule has 4 nitrogen and oxygen atoms in total. The molecule has 0 saturated carbocycles. The van der Waals surface area contributed by atoms with Gasteiger partial charge in [-0.1, -0.05) is 87.0 Å². The molecule has 0 aliphatic heterocycles. The number of rotatable bonds is 5. The van der Waals surface area contributed by atoms with Crippen LogP contribution in [0.3, 0.4) is 0 Å². The lowest BCUT2D eigenvalue weighted by Gasteiger charge is -2.20. The number of para-hydroxylation sites is 1. The van der Waals surface area contributed by atoms with Gasteiger partial charge in [0.1, 0.15) is 132 Å². The lowest BCUT2D eigenvalue weighted by Crippen LogP contribution is -2.47. The van der Waals surface area contributed by atoms with Gasteiger partial charge in [0.25, 0.3) is 0 Å². The number of allylic oxidation sites excluding steroid dienone is 4. The predicted molar refractivity (Wildman–Crippen MR) is 299 cm³/mol. The van der Waals surface area contributed by atoms with Crippen molar-refractivity contribution in [2.75, 3.05) is 0 Å². The van der Waals surface area contributed by atoms with E-state index in [1.165, 1.54) is 0 Å². The molecule has 4 heterocycles. The zero-order chi connectivity index (χ0) is 47.4. The Balaban J connectivity index is 1.30. The summed E-state index contributed by atoms with van der Waals surface area (Å²) in [5.74, 6) is 0. The first-order chi connectivity index (χ1) is 32.0. The summed E-state index contributed by atoms with van der Waals surface area (Å²) < 4.78 is 17.0. The van der Waals surface area contributed by atoms with Gasteiger partial charge in [-0.25, -0.2) is 0 Å². The second kappa shape index (κ2) is 15.3. The van der Waals surface area contributed by atoms with E-state index in [2.05, 4.69) is 47.9 Å². The quantitative estimate of drug-likeness (QED) is 0.140. The topological polar surface area (TPSA) is 36.1 Å². The molecule has 7 aromatic carbocycles. The average molecular weight is 820 g/mol. The molecule has 0 aliphatic carbocycles. The molecule has 0 unspecified atom stereocenters. The Morgan fingerprint density at radius 3 is 1.55 bits per heavy atom. The minimum absolute atomic E-state index is 0.0761. The molecule has 280 valence electrons. The fourth-order valence-corrected chi connectivity index (χ4v) is 10.1. The van der Waals surface area contributed by atoms with Crippen LogP contribution in [0, 0.1) is 0 Å². The average Bonchev–Trinajstić information content (AvgIpc) is 4.10. The molecule has 0 amide bonds. The van der Waals surface area contributed by atoms with Crippen LogP contribution in [0.2, 0.25) is 0 Å². The third kappa shape index (κ3) is 5.68. The Bertz CT molecular complexity index is 4150. The van der Waals surface area contributed by atoms with E-state index >= 15 is 0 Å². The first-order valence-corrected chi connectivity index (χ1v) is 21.3. The second-order valence-electron chi connectivity index (χ2n) is 16.8. The fraction of sp³-hybridized carbons (Fsp3) is 0.0612. The molecule has 11 aromatic rings. The molecule has 11 rings (SSSR count). The van der Waals surface area contributed by atoms with Crippen molar-refractivity contribution in [1.82, 2.24) is 9.13 Å². The molecule has 0 fully saturated rings. The van der Waals surface area contributed by atoms with E-state index in [0.29, 0.717) is 43.9 Å². The largest absolute Gasteiger partial charge is 0.457 e. The highest BCUT2D eigenvalue weighted by Gasteiger charge is 2.27. The molecule has 4 aromatic heterocycles. The van der Waals surface area contributed by atoms with Crippen molar-refractivity contribution < 1.29 is 8.83 Å². The van der Waals surface area contributed by atoms with Crippen molar-refractivity contribution in [3.63, 3.8) is 0 Å². The van der Waals surface area contributed by atoms with Gasteiger partial charge in [0, 0.05) is 54.5 Å². The summed E-state index contributed by atoms with van der Waals surface area (Å²) in [5, 5.41) is 5.02. The molecule has 0 saturated heterocycles. The standard InChI is InChI=1S/C49H20B14N2O2/c1-3-5-8-17(4-2)64-20-10-7-6-9-18(20)25-22(64)13-14-23-26(25)19-15-16(24-31(50)32(51)27-28-33(52)37(56)39(58)42(61)47(28)66-46(27)36(24)55)11-12-21(19)65(23)45-41(60)35(54)30-29-34(53)38(57)40(59)43(62)48(29)67-49(30)44(45)63/h4-15H,3H2,1-2H3/b8-5-,17-4+. The molecule has 0 bridgehead atoms. The maximum absolute atomic E-state index is 7.21. The summed E-state index contributed by atoms with van der Waals surface area (Å²) in [6.07, 6.45) is 7.20. The van der Waals surface area contributed by atoms with Gasteiger partial charge in [-0.3, -0.25) is 0 Å². The van der Waals surface area contributed by atoms with Crippen LogP contribution in [-0.2, 0) is 0 Å². The molecule has 67 heavy (non-hydrogen) atoms. The number of nitrogens with zero attached hydrogens (tertiary/aromatic N) is 2. The van der Waals surface area contributed by atoms with Crippen molar-refractivity contribution >= 4 is 280 Å². The minimum atomic E-state index is 0.0761. The maximum atomic E-state index is 7.21. The maximum Gasteiger partial charge on any atom is 0.129 e. The molecule has 0 N–H and O–H groups in total. The van der Waals surface area contributed by atoms with Gasteiger partial charge in [0.05, 0.1) is 22.1 Å². The fourth-order valence-electron chi connectivity index (χ4n) is 10.1. The van der Waals surface area contributed by atoms with E-state index < -0.39 is 0 Å². The normalized spacial score (nSPS) is 12.7. The number of aromatic nitrogens is 2. The molecule has 0 spiro atoms. The summed E-state index contributed by atoms with van der Waals surface area (Å²) in [6.45, 7) is 4.12. The Morgan fingerprint density at radius 1 is 0.463 bits per heavy atom. The second-order valence-corrected chi connectivity index (χ2v) is 16.8. The molecule has 18 heteroatoms. The smallest absolute Gasteiger partial charge is 0.129 e. The molecule has 0 aliphatic rings. The first kappa shape index (κ1) is 43.7. The van der Waals surface area contributed by atoms with Crippen LogP contribution in [0.25, 0.3) is 110 Å². The molecular weight excluding hydrogens is 800 g/mol. The highest BCUT2D eigenvalue weighted by atomic mass is 16.3. The van der Waals surface area contributed by atoms with Crippen molar-refractivity contribution in [2.24, 2.45) is 0 Å². The Hall–Kier alpha value is -5.87. The van der Waals surface area contributed by atoms with Crippen LogP contribution < -0.4 is 76.5 Å². The van der Waals surface area contributed by atoms with E-state index in [-0.39, 0.29) is 98.8 Å². The Kier molecular flexibility index (Phi) is 9.99. The van der Waals surface area contributed by atoms with Crippen molar-refractivity contribution in [2.45, 2.75) is 20.3 Å². The van der Waals surface area contributed by atoms with Gasteiger partial charge in [0.2, 0.25) is 0 Å². The van der Waals surface area contributed by atoms with Crippen molar-refractivity contribution in [1.29, 1.82) is 0 Å². The first-order valence-electron chi connectivity index (χ1n) is 21.3. The van der Waals surface area contributed by atoms with E-state index in [1.54, 1.807) is 0 Å². The highest BCUT2D eigenvalue weighted by Crippen LogP contribution is 2.43. The number of furan rings is 2. The molecular formula is C49H20B14N2O2. The summed E-state index contributed by atoms with van der Waals surface area (Å²) >= 11 is 0. The van der Waals surface area contributed by atoms with Gasteiger partial charge in [-0.2, -0.15) is 0 Å². The predicted octanol–water partition coefficient (Wildman–Crippen LogP) is -2.70. The Morgan fingerprint density at radius 2 is 0.955 bits per heavy atom. The SMILES string of the molecule is [B]c1c([B])c([B])c2c(oc3c([B])c(-c4ccc5c(c4)c4c6c7ccccc7n(C(/C=C\CC)=C/C)c6ccc4n5-c4c([B])c([B])c5c(oc6c([B])c([B])c([B])c([B])c65)c4[B])c([B])c([B])c32)c1[B]. The van der Waals surface area contributed by atoms with Gasteiger partial charge in [0.15, 0.2) is 0 Å². The van der Waals surface area contributed by atoms with E-state index in [9.17, 15) is 0 Å². The third-order valence-electron chi connectivity index (χ3n) is 13.4. The minimum Gasteiger partial charge on any atom is -0.457 e. The van der Waals surface area contributed by atoms with Crippen LogP contribution in [0.15, 0.2) is 81.7 Å². The number of hydrogen-bond acceptors (Lipinski definition) is 2. The number of fused-ring (bicyclic) bond motifs is 13. The number of benzene rings is 7. The summed E-state index contributed by atoms with van der Waals surface area (Å²) in [4.78, 5) is 0. The summed E-state index contributed by atoms with van der Waals surface area (Å²) in [7, 11) is 93.3. The van der Waals surface area contributed by atoms with Crippen LogP contribution in [-0.4, -0.2) is 119 Å². The molecule has 28 radical (unpaired) electrons. The van der Waals surface area contributed by atoms with E-state index in [4.69, 9.17) is 119 Å². The van der Waals surface area contributed by atoms with Gasteiger partial charge < -0.3 is 18.0 Å². The number of hydrogen-bond donors (Lipinski definition) is 0. The van der Waals surface area contributed by atoms with Crippen LogP contribution in [0.4, 0.5) is 0 Å². The van der Waals surface area contributed by atoms with Crippen molar-refractivity contribution in [3.05, 3.63) is 72.8 Å². The molecule has 0 atom stereocenters. The lowest BCUT2D eigenvalue weighted by atomic mass is 9.64. The zero-order valence-electron chi connectivity index (χ0n) is 36.4. The van der Waals surface area contributed by atoms with E-state index in [0.717, 1.165) is 50.2 Å². The third-order valence-corrected chi connectivity index (χ3v) is 13.4. The van der Waals surface area contributed by atoms with Crippen LogP contribution >= 0.6 is 0 Å². The van der Waals surface area contributed by atoms with Gasteiger partial charge in [-0.05, 0) is 71.8 Å². The van der Waals surface area contributed by atoms with Gasteiger partial charge >= 0.3 is 0 Å². The Labute approximate surface area is 405 Å². The van der Waals surface area contributed by atoms with Crippen LogP contribution in [0.5, 0.6) is 0 Å². The van der Waals surface area contributed by atoms with E-state index in [1.807, 2.05) is 47.9 Å².